The molecule has 0 radical (unpaired) electrons. The Kier molecular flexibility index (Phi) is 5.55. The average Bonchev–Trinajstić information content (AvgIpc) is 3.26. The van der Waals surface area contributed by atoms with Gasteiger partial charge in [0.15, 0.2) is 17.9 Å². The van der Waals surface area contributed by atoms with Crippen LogP contribution in [0.15, 0.2) is 0 Å². The van der Waals surface area contributed by atoms with E-state index in [0.29, 0.717) is 36.0 Å². The van der Waals surface area contributed by atoms with Gasteiger partial charge in [-0.05, 0) is 71.0 Å². The number of ether oxygens (including phenoxy) is 2. The molecule has 10 atom stereocenters. The van der Waals surface area contributed by atoms with Crippen LogP contribution in [0.5, 0.6) is 0 Å². The van der Waals surface area contributed by atoms with E-state index < -0.39 is 11.9 Å². The van der Waals surface area contributed by atoms with Crippen LogP contribution in [0.3, 0.4) is 0 Å². The molecule has 2 aliphatic heterocycles. The molecule has 192 valence electrons. The number of aldehydes is 1. The normalized spacial score (nSPS) is 53.6. The molecule has 4 saturated carbocycles. The van der Waals surface area contributed by atoms with Gasteiger partial charge in [-0.15, -0.1) is 0 Å². The lowest BCUT2D eigenvalue weighted by Crippen LogP contribution is -2.57. The van der Waals surface area contributed by atoms with Crippen LogP contribution in [0, 0.1) is 45.3 Å². The number of aliphatic hydroxyl groups is 2. The Morgan fingerprint density at radius 2 is 1.56 bits per heavy atom. The molecular formula is C28H44O6. The zero-order valence-corrected chi connectivity index (χ0v) is 21.8. The van der Waals surface area contributed by atoms with Crippen LogP contribution in [0.2, 0.25) is 0 Å². The highest BCUT2D eigenvalue weighted by molar-refractivity contribution is 5.85. The first-order valence-electron chi connectivity index (χ1n) is 13.3. The van der Waals surface area contributed by atoms with Gasteiger partial charge in [-0.3, -0.25) is 4.79 Å². The summed E-state index contributed by atoms with van der Waals surface area (Å²) in [5.41, 5.74) is 0.533. The topological polar surface area (TPSA) is 93.1 Å². The van der Waals surface area contributed by atoms with Gasteiger partial charge in [0, 0.05) is 25.7 Å². The Morgan fingerprint density at radius 3 is 2.21 bits per heavy atom. The molecule has 0 aromatic carbocycles. The minimum absolute atomic E-state index is 0.0520. The molecule has 34 heavy (non-hydrogen) atoms. The Bertz CT molecular complexity index is 867. The smallest absolute Gasteiger partial charge is 0.196 e. The summed E-state index contributed by atoms with van der Waals surface area (Å²) in [7, 11) is 0. The van der Waals surface area contributed by atoms with Gasteiger partial charge in [-0.25, -0.2) is 0 Å². The van der Waals surface area contributed by atoms with Crippen LogP contribution in [-0.4, -0.2) is 46.6 Å². The molecule has 4 aliphatic carbocycles. The minimum Gasteiger partial charge on any atom is -0.385 e. The molecule has 0 amide bonds. The predicted octanol–water partition coefficient (Wildman–Crippen LogP) is 4.25. The molecule has 6 rings (SSSR count). The lowest BCUT2D eigenvalue weighted by atomic mass is 9.59. The van der Waals surface area contributed by atoms with E-state index in [9.17, 15) is 19.8 Å². The highest BCUT2D eigenvalue weighted by Crippen LogP contribution is 2.67. The largest absolute Gasteiger partial charge is 0.385 e. The van der Waals surface area contributed by atoms with Crippen LogP contribution in [0.25, 0.3) is 0 Å². The lowest BCUT2D eigenvalue weighted by Gasteiger charge is -2.51. The van der Waals surface area contributed by atoms with Crippen molar-refractivity contribution >= 4 is 12.1 Å². The second-order valence-electron chi connectivity index (χ2n) is 14.8. The summed E-state index contributed by atoms with van der Waals surface area (Å²) in [5.74, 6) is 0.483. The summed E-state index contributed by atoms with van der Waals surface area (Å²) in [6.45, 7) is 13.4. The number of carbonyl (C=O) groups excluding carboxylic acids is 2. The molecule has 6 nitrogen and oxygen atoms in total. The van der Waals surface area contributed by atoms with Crippen LogP contribution in [0.1, 0.15) is 92.9 Å². The van der Waals surface area contributed by atoms with Crippen LogP contribution in [0.4, 0.5) is 0 Å². The monoisotopic (exact) mass is 476 g/mol. The Labute approximate surface area is 204 Å². The number of carbonyl (C=O) groups is 2. The Hall–Kier alpha value is -0.820. The molecule has 0 aromatic heterocycles. The van der Waals surface area contributed by atoms with E-state index in [0.717, 1.165) is 38.4 Å². The van der Waals surface area contributed by atoms with Gasteiger partial charge in [0.1, 0.15) is 18.5 Å². The molecule has 2 saturated heterocycles. The van der Waals surface area contributed by atoms with Crippen molar-refractivity contribution in [2.75, 3.05) is 0 Å². The van der Waals surface area contributed by atoms with Crippen molar-refractivity contribution in [2.45, 2.75) is 117 Å². The third-order valence-electron chi connectivity index (χ3n) is 10.6. The molecule has 10 unspecified atom stereocenters. The van der Waals surface area contributed by atoms with Crippen LogP contribution < -0.4 is 0 Å². The van der Waals surface area contributed by atoms with Crippen molar-refractivity contribution in [3.8, 4) is 0 Å². The summed E-state index contributed by atoms with van der Waals surface area (Å²) in [6.07, 6.45) is 6.73. The second-order valence-corrected chi connectivity index (χ2v) is 14.8. The molecule has 0 aromatic rings. The van der Waals surface area contributed by atoms with Gasteiger partial charge < -0.3 is 24.5 Å². The minimum atomic E-state index is -0.987. The summed E-state index contributed by atoms with van der Waals surface area (Å²) >= 11 is 0. The van der Waals surface area contributed by atoms with E-state index in [4.69, 9.17) is 9.47 Å². The summed E-state index contributed by atoms with van der Waals surface area (Å²) in [5, 5.41) is 20.7. The van der Waals surface area contributed by atoms with E-state index in [1.165, 1.54) is 6.42 Å². The first-order chi connectivity index (χ1) is 15.6. The maximum absolute atomic E-state index is 11.9. The van der Waals surface area contributed by atoms with E-state index in [1.54, 1.807) is 0 Å². The van der Waals surface area contributed by atoms with E-state index >= 15 is 0 Å². The molecule has 6 fully saturated rings. The fourth-order valence-electron chi connectivity index (χ4n) is 9.26. The van der Waals surface area contributed by atoms with Crippen molar-refractivity contribution in [1.29, 1.82) is 0 Å². The first kappa shape index (κ1) is 24.9. The molecule has 2 heterocycles. The first-order valence-corrected chi connectivity index (χ1v) is 13.3. The summed E-state index contributed by atoms with van der Waals surface area (Å²) < 4.78 is 11.7. The maximum Gasteiger partial charge on any atom is 0.196 e. The van der Waals surface area contributed by atoms with Crippen LogP contribution in [-0.2, 0) is 19.1 Å². The summed E-state index contributed by atoms with van der Waals surface area (Å²) in [4.78, 5) is 22.7. The number of ketones is 1. The average molecular weight is 477 g/mol. The van der Waals surface area contributed by atoms with Crippen molar-refractivity contribution < 1.29 is 29.3 Å². The standard InChI is InChI=1S/2C14H22O3/c1-12(2)4-8-9(5-12)13(3)6-10-16-11(8)14(15,7-13)17-10;1-13(2)6-9-10(7-13)14(3,4-5-15)8-11(16)12(9)17/h8-11,15H,4-7H2,1-3H3;5,9-10,12,17H,4,6-8H2,1-3H3. The van der Waals surface area contributed by atoms with Gasteiger partial charge in [0.25, 0.3) is 0 Å². The van der Waals surface area contributed by atoms with Gasteiger partial charge in [-0.2, -0.15) is 0 Å². The zero-order chi connectivity index (χ0) is 24.9. The zero-order valence-electron chi connectivity index (χ0n) is 21.8. The highest BCUT2D eigenvalue weighted by atomic mass is 16.8. The second kappa shape index (κ2) is 7.60. The molecular weight excluding hydrogens is 432 g/mol. The molecule has 6 heteroatoms. The number of aliphatic hydroxyl groups excluding tert-OH is 1. The molecule has 6 aliphatic rings. The number of Topliss-reactive ketones (excluding diaryl/α,β-unsaturated/α-hetero) is 1. The lowest BCUT2D eigenvalue weighted by molar-refractivity contribution is -0.279. The van der Waals surface area contributed by atoms with Gasteiger partial charge in [-0.1, -0.05) is 41.5 Å². The van der Waals surface area contributed by atoms with Gasteiger partial charge >= 0.3 is 0 Å². The Morgan fingerprint density at radius 1 is 0.941 bits per heavy atom. The summed E-state index contributed by atoms with van der Waals surface area (Å²) in [6, 6.07) is 0. The number of rotatable bonds is 2. The number of hydrogen-bond acceptors (Lipinski definition) is 6. The third-order valence-corrected chi connectivity index (χ3v) is 10.6. The van der Waals surface area contributed by atoms with E-state index in [2.05, 4.69) is 34.6 Å². The van der Waals surface area contributed by atoms with E-state index in [1.807, 2.05) is 6.92 Å². The highest BCUT2D eigenvalue weighted by Gasteiger charge is 2.70. The Balaban J connectivity index is 0.000000142. The molecule has 3 bridgehead atoms. The van der Waals surface area contributed by atoms with E-state index in [-0.39, 0.29) is 40.3 Å². The SMILES string of the molecule is CC1(C)CC2C(C1)C1(C)CC3OC2C(O)(C1)O3.CC1(C)CC2C(O)C(=O)CC(C)(CC=O)C2C1. The predicted molar refractivity (Wildman–Crippen MR) is 126 cm³/mol. The van der Waals surface area contributed by atoms with Crippen LogP contribution >= 0.6 is 0 Å². The number of hydrogen-bond donors (Lipinski definition) is 2. The third kappa shape index (κ3) is 3.82. The quantitative estimate of drug-likeness (QED) is 0.579. The van der Waals surface area contributed by atoms with Gasteiger partial charge in [0.05, 0.1) is 0 Å². The maximum atomic E-state index is 11.9. The molecule has 2 N–H and O–H groups in total. The van der Waals surface area contributed by atoms with Gasteiger partial charge in [0.2, 0.25) is 0 Å². The fraction of sp³-hybridized carbons (Fsp3) is 0.929. The molecule has 0 spiro atoms. The van der Waals surface area contributed by atoms with Crippen molar-refractivity contribution in [3.05, 3.63) is 0 Å². The van der Waals surface area contributed by atoms with Crippen molar-refractivity contribution in [2.24, 2.45) is 45.3 Å². The number of fused-ring (bicyclic) bond motifs is 6. The van der Waals surface area contributed by atoms with Crippen molar-refractivity contribution in [1.82, 2.24) is 0 Å². The van der Waals surface area contributed by atoms with Crippen molar-refractivity contribution in [3.63, 3.8) is 0 Å². The fourth-order valence-corrected chi connectivity index (χ4v) is 9.26.